The number of ether oxygens (including phenoxy) is 5. The minimum atomic E-state index is -4.93. The first kappa shape index (κ1) is 38.1. The maximum atomic E-state index is 14.2. The third kappa shape index (κ3) is 8.30. The van der Waals surface area contributed by atoms with Crippen molar-refractivity contribution in [3.05, 3.63) is 65.2 Å². The van der Waals surface area contributed by atoms with Crippen LogP contribution in [-0.4, -0.2) is 130 Å². The van der Waals surface area contributed by atoms with Crippen LogP contribution in [0.2, 0.25) is 5.02 Å². The Labute approximate surface area is 286 Å². The molecule has 0 aliphatic carbocycles. The van der Waals surface area contributed by atoms with Crippen LogP contribution in [0.25, 0.3) is 0 Å². The molecule has 11 atom stereocenters. The van der Waals surface area contributed by atoms with E-state index in [9.17, 15) is 54.0 Å². The van der Waals surface area contributed by atoms with Gasteiger partial charge in [0, 0.05) is 11.1 Å². The van der Waals surface area contributed by atoms with Gasteiger partial charge in [0.15, 0.2) is 17.8 Å². The predicted octanol–water partition coefficient (Wildman–Crippen LogP) is -0.347. The van der Waals surface area contributed by atoms with E-state index >= 15 is 0 Å². The summed E-state index contributed by atoms with van der Waals surface area (Å²) < 4.78 is 71.7. The van der Waals surface area contributed by atoms with Crippen molar-refractivity contribution in [1.29, 1.82) is 0 Å². The number of aliphatic hydroxyl groups excluding tert-OH is 7. The van der Waals surface area contributed by atoms with Crippen LogP contribution in [0.1, 0.15) is 18.1 Å². The fourth-order valence-corrected chi connectivity index (χ4v) is 5.62. The molecule has 2 aliphatic heterocycles. The van der Waals surface area contributed by atoms with Crippen LogP contribution in [0, 0.1) is 0 Å². The summed E-state index contributed by atoms with van der Waals surface area (Å²) in [7, 11) is 0. The van der Waals surface area contributed by atoms with Crippen LogP contribution < -0.4 is 9.47 Å². The van der Waals surface area contributed by atoms with Gasteiger partial charge in [-0.05, 0) is 36.8 Å². The zero-order chi connectivity index (χ0) is 36.5. The van der Waals surface area contributed by atoms with E-state index in [0.29, 0.717) is 6.07 Å². The Morgan fingerprint density at radius 1 is 0.840 bits per heavy atom. The van der Waals surface area contributed by atoms with E-state index in [1.165, 1.54) is 48.5 Å². The van der Waals surface area contributed by atoms with E-state index < -0.39 is 97.5 Å². The van der Waals surface area contributed by atoms with Gasteiger partial charge in [0.1, 0.15) is 72.8 Å². The third-order valence-electron chi connectivity index (χ3n) is 8.13. The number of hydrogen-bond donors (Lipinski definition) is 8. The Kier molecular flexibility index (Phi) is 11.6. The van der Waals surface area contributed by atoms with Crippen molar-refractivity contribution in [3.8, 4) is 17.2 Å². The molecule has 2 saturated heterocycles. The quantitative estimate of drug-likeness (QED) is 0.126. The van der Waals surface area contributed by atoms with E-state index in [-0.39, 0.29) is 28.8 Å². The lowest BCUT2D eigenvalue weighted by Crippen LogP contribution is -2.62. The highest BCUT2D eigenvalue weighted by Crippen LogP contribution is 2.42. The number of halogens is 4. The molecule has 16 nitrogen and oxygen atoms in total. The number of alkyl halides is 3. The fraction of sp³-hybridized carbons (Fsp3) is 0.533. The predicted molar refractivity (Wildman–Crippen MR) is 160 cm³/mol. The highest BCUT2D eigenvalue weighted by molar-refractivity contribution is 6.30. The molecule has 1 aromatic heterocycles. The Balaban J connectivity index is 1.34. The highest BCUT2D eigenvalue weighted by atomic mass is 35.5. The second kappa shape index (κ2) is 15.2. The molecule has 0 radical (unpaired) electrons. The summed E-state index contributed by atoms with van der Waals surface area (Å²) in [5, 5.41) is 86.3. The minimum absolute atomic E-state index is 0.0659. The largest absolute Gasteiger partial charge is 0.458 e. The highest BCUT2D eigenvalue weighted by Gasteiger charge is 2.48. The Morgan fingerprint density at radius 2 is 1.50 bits per heavy atom. The van der Waals surface area contributed by atoms with Crippen LogP contribution in [0.4, 0.5) is 13.2 Å². The van der Waals surface area contributed by atoms with Crippen molar-refractivity contribution < 1.29 is 77.7 Å². The lowest BCUT2D eigenvalue weighted by molar-refractivity contribution is -0.323. The van der Waals surface area contributed by atoms with Crippen molar-refractivity contribution in [2.24, 2.45) is 0 Å². The number of aliphatic hydroxyl groups is 8. The summed E-state index contributed by atoms with van der Waals surface area (Å²) in [6.07, 6.45) is -19.4. The minimum Gasteiger partial charge on any atom is -0.458 e. The van der Waals surface area contributed by atoms with E-state index in [1.807, 2.05) is 0 Å². The summed E-state index contributed by atoms with van der Waals surface area (Å²) in [6, 6.07) is 6.65. The summed E-state index contributed by atoms with van der Waals surface area (Å²) in [6.45, 7) is -0.525. The second-order valence-electron chi connectivity index (χ2n) is 11.9. The lowest BCUT2D eigenvalue weighted by Gasteiger charge is -2.42. The number of benzene rings is 2. The summed E-state index contributed by atoms with van der Waals surface area (Å²) in [4.78, 5) is 3.73. The monoisotopic (exact) mass is 737 g/mol. The number of aromatic nitrogens is 3. The third-order valence-corrected chi connectivity index (χ3v) is 8.37. The summed E-state index contributed by atoms with van der Waals surface area (Å²) in [5.41, 5.74) is -3.71. The average molecular weight is 738 g/mol. The SMILES string of the molecule is CC(O)(Cn1cncn1)c1ccc(Oc2ccc(Cl)cc2O[C@H]2O[C@H](CO[C@H]3O[C@H](CO)[C@@H](O)[C@H](O)[C@H]3O)[C@@H](O)[C@H](O)[C@H]2O)cc1C(F)(F)F. The lowest BCUT2D eigenvalue weighted by atomic mass is 9.90. The van der Waals surface area contributed by atoms with E-state index in [1.54, 1.807) is 0 Å². The van der Waals surface area contributed by atoms with Gasteiger partial charge in [-0.25, -0.2) is 9.67 Å². The molecule has 2 fully saturated rings. The molecule has 0 saturated carbocycles. The van der Waals surface area contributed by atoms with Crippen molar-refractivity contribution in [3.63, 3.8) is 0 Å². The van der Waals surface area contributed by atoms with Gasteiger partial charge in [-0.3, -0.25) is 0 Å². The van der Waals surface area contributed by atoms with E-state index in [2.05, 4.69) is 10.1 Å². The molecule has 0 spiro atoms. The zero-order valence-corrected chi connectivity index (χ0v) is 26.7. The van der Waals surface area contributed by atoms with Gasteiger partial charge in [0.05, 0.1) is 25.3 Å². The van der Waals surface area contributed by atoms with Crippen LogP contribution in [0.5, 0.6) is 17.2 Å². The molecule has 8 N–H and O–H groups in total. The van der Waals surface area contributed by atoms with Crippen LogP contribution in [0.3, 0.4) is 0 Å². The van der Waals surface area contributed by atoms with Gasteiger partial charge in [-0.15, -0.1) is 0 Å². The average Bonchev–Trinajstić information content (AvgIpc) is 3.57. The second-order valence-corrected chi connectivity index (χ2v) is 12.4. The summed E-state index contributed by atoms with van der Waals surface area (Å²) >= 11 is 6.13. The van der Waals surface area contributed by atoms with Crippen LogP contribution >= 0.6 is 11.6 Å². The molecule has 50 heavy (non-hydrogen) atoms. The molecule has 1 unspecified atom stereocenters. The number of hydrogen-bond acceptors (Lipinski definition) is 15. The first-order valence-corrected chi connectivity index (χ1v) is 15.4. The number of rotatable bonds is 11. The topological polar surface area (TPSA) is 239 Å². The fourth-order valence-electron chi connectivity index (χ4n) is 5.46. The Hall–Kier alpha value is -3.18. The van der Waals surface area contributed by atoms with Gasteiger partial charge < -0.3 is 64.5 Å². The first-order chi connectivity index (χ1) is 23.5. The molecule has 3 heterocycles. The van der Waals surface area contributed by atoms with Crippen molar-refractivity contribution in [2.45, 2.75) is 86.7 Å². The molecule has 0 bridgehead atoms. The van der Waals surface area contributed by atoms with Crippen molar-refractivity contribution in [2.75, 3.05) is 13.2 Å². The van der Waals surface area contributed by atoms with Crippen molar-refractivity contribution in [1.82, 2.24) is 14.8 Å². The smallest absolute Gasteiger partial charge is 0.416 e. The first-order valence-electron chi connectivity index (χ1n) is 15.0. The molecular weight excluding hydrogens is 703 g/mol. The summed E-state index contributed by atoms with van der Waals surface area (Å²) in [5.74, 6) is -0.819. The van der Waals surface area contributed by atoms with E-state index in [4.69, 9.17) is 35.3 Å². The molecule has 3 aromatic rings. The molecule has 2 aromatic carbocycles. The van der Waals surface area contributed by atoms with Gasteiger partial charge in [-0.1, -0.05) is 17.7 Å². The molecule has 276 valence electrons. The standard InChI is InChI=1S/C30H35ClF3N3O13/c1-29(45,10-37-12-35-11-36-37)15-4-3-14(7-16(15)30(32,33)34)47-17-5-2-13(31)6-18(17)48-28-26(44)24(42)22(40)20(50-28)9-46-27-25(43)23(41)21(39)19(8-38)49-27/h2-7,11-12,19-28,38-45H,8-10H2,1H3/t19-,20-,21-,22-,23+,24+,25-,26-,27+,28+,29?/m1/s1. The number of nitrogens with zero attached hydrogens (tertiary/aromatic N) is 3. The molecular formula is C30H35ClF3N3O13. The molecule has 2 aliphatic rings. The van der Waals surface area contributed by atoms with Gasteiger partial charge in [-0.2, -0.15) is 18.3 Å². The normalized spacial score (nSPS) is 31.6. The van der Waals surface area contributed by atoms with Crippen molar-refractivity contribution >= 4 is 11.6 Å². The zero-order valence-electron chi connectivity index (χ0n) is 26.0. The van der Waals surface area contributed by atoms with Gasteiger partial charge in [0.25, 0.3) is 0 Å². The molecule has 0 amide bonds. The Bertz CT molecular complexity index is 1590. The Morgan fingerprint density at radius 3 is 2.14 bits per heavy atom. The molecule has 20 heteroatoms. The maximum absolute atomic E-state index is 14.2. The van der Waals surface area contributed by atoms with Crippen LogP contribution in [0.15, 0.2) is 49.1 Å². The van der Waals surface area contributed by atoms with Gasteiger partial charge >= 0.3 is 6.18 Å². The van der Waals surface area contributed by atoms with Gasteiger partial charge in [0.2, 0.25) is 6.29 Å². The van der Waals surface area contributed by atoms with E-state index in [0.717, 1.165) is 6.07 Å². The molecule has 5 rings (SSSR count). The van der Waals surface area contributed by atoms with Crippen LogP contribution in [-0.2, 0) is 32.5 Å². The maximum Gasteiger partial charge on any atom is 0.416 e.